The molecule has 2 rings (SSSR count). The summed E-state index contributed by atoms with van der Waals surface area (Å²) in [5.41, 5.74) is 0. The van der Waals surface area contributed by atoms with Crippen molar-refractivity contribution in [2.75, 3.05) is 13.2 Å². The van der Waals surface area contributed by atoms with Gasteiger partial charge in [-0.1, -0.05) is 11.6 Å². The van der Waals surface area contributed by atoms with Gasteiger partial charge in [0, 0.05) is 11.6 Å². The monoisotopic (exact) mass is 325 g/mol. The van der Waals surface area contributed by atoms with Gasteiger partial charge in [0.05, 0.1) is 18.4 Å². The number of benzene rings is 1. The van der Waals surface area contributed by atoms with Gasteiger partial charge in [0.2, 0.25) is 5.91 Å². The van der Waals surface area contributed by atoms with Crippen molar-refractivity contribution in [2.45, 2.75) is 25.7 Å². The van der Waals surface area contributed by atoms with Crippen LogP contribution >= 0.6 is 11.6 Å². The van der Waals surface area contributed by atoms with Gasteiger partial charge in [-0.2, -0.15) is 0 Å². The SMILES string of the molecule is O=C(O)C1CCC1C(=O)NCCCCOc1ccc(Cl)cc1. The predicted molar refractivity (Wildman–Crippen MR) is 83.0 cm³/mol. The van der Waals surface area contributed by atoms with Crippen LogP contribution in [0.2, 0.25) is 5.02 Å². The standard InChI is InChI=1S/C16H20ClNO4/c17-11-3-5-12(6-4-11)22-10-2-1-9-18-15(19)13-7-8-14(13)16(20)21/h3-6,13-14H,1-2,7-10H2,(H,18,19)(H,20,21). The first-order valence-corrected chi connectivity index (χ1v) is 7.84. The highest BCUT2D eigenvalue weighted by Gasteiger charge is 2.41. The largest absolute Gasteiger partial charge is 0.494 e. The van der Waals surface area contributed by atoms with Gasteiger partial charge >= 0.3 is 5.97 Å². The van der Waals surface area contributed by atoms with Gasteiger partial charge in [-0.15, -0.1) is 0 Å². The van der Waals surface area contributed by atoms with Crippen molar-refractivity contribution in [3.8, 4) is 5.75 Å². The minimum Gasteiger partial charge on any atom is -0.494 e. The number of hydrogen-bond donors (Lipinski definition) is 2. The maximum Gasteiger partial charge on any atom is 0.307 e. The normalized spacial score (nSPS) is 20.0. The third-order valence-electron chi connectivity index (χ3n) is 3.88. The fourth-order valence-corrected chi connectivity index (χ4v) is 2.53. The van der Waals surface area contributed by atoms with Crippen LogP contribution < -0.4 is 10.1 Å². The number of unbranched alkanes of at least 4 members (excludes halogenated alkanes) is 1. The number of rotatable bonds is 8. The van der Waals surface area contributed by atoms with E-state index in [1.807, 2.05) is 12.1 Å². The second-order valence-corrected chi connectivity index (χ2v) is 5.87. The highest BCUT2D eigenvalue weighted by Crippen LogP contribution is 2.34. The van der Waals surface area contributed by atoms with E-state index in [4.69, 9.17) is 21.4 Å². The first-order valence-electron chi connectivity index (χ1n) is 7.47. The lowest BCUT2D eigenvalue weighted by molar-refractivity contribution is -0.152. The Balaban J connectivity index is 1.55. The summed E-state index contributed by atoms with van der Waals surface area (Å²) in [7, 11) is 0. The number of amides is 1. The molecule has 22 heavy (non-hydrogen) atoms. The van der Waals surface area contributed by atoms with E-state index in [-0.39, 0.29) is 11.8 Å². The first kappa shape index (κ1) is 16.6. The smallest absolute Gasteiger partial charge is 0.307 e. The van der Waals surface area contributed by atoms with Crippen molar-refractivity contribution in [1.29, 1.82) is 0 Å². The molecule has 0 radical (unpaired) electrons. The Hall–Kier alpha value is -1.75. The number of nitrogens with one attached hydrogen (secondary N) is 1. The van der Waals surface area contributed by atoms with E-state index in [1.165, 1.54) is 0 Å². The van der Waals surface area contributed by atoms with Gasteiger partial charge in [-0.25, -0.2) is 0 Å². The average Bonchev–Trinajstić information content (AvgIpc) is 2.42. The Kier molecular flexibility index (Phi) is 6.07. The second-order valence-electron chi connectivity index (χ2n) is 5.43. The summed E-state index contributed by atoms with van der Waals surface area (Å²) in [5.74, 6) is -1.11. The number of carbonyl (C=O) groups excluding carboxylic acids is 1. The van der Waals surface area contributed by atoms with Crippen LogP contribution in [0.5, 0.6) is 5.75 Å². The Morgan fingerprint density at radius 3 is 2.45 bits per heavy atom. The maximum atomic E-state index is 11.8. The molecule has 1 aromatic rings. The van der Waals surface area contributed by atoms with E-state index in [9.17, 15) is 9.59 Å². The third-order valence-corrected chi connectivity index (χ3v) is 4.13. The van der Waals surface area contributed by atoms with Gasteiger partial charge < -0.3 is 15.2 Å². The van der Waals surface area contributed by atoms with E-state index in [2.05, 4.69) is 5.32 Å². The minimum atomic E-state index is -0.872. The molecule has 1 saturated carbocycles. The highest BCUT2D eigenvalue weighted by molar-refractivity contribution is 6.30. The summed E-state index contributed by atoms with van der Waals surface area (Å²) >= 11 is 5.78. The molecule has 1 aliphatic rings. The van der Waals surface area contributed by atoms with Gasteiger partial charge in [0.15, 0.2) is 0 Å². The van der Waals surface area contributed by atoms with Crippen molar-refractivity contribution in [2.24, 2.45) is 11.8 Å². The van der Waals surface area contributed by atoms with Gasteiger partial charge in [-0.3, -0.25) is 9.59 Å². The van der Waals surface area contributed by atoms with Gasteiger partial charge in [-0.05, 0) is 49.9 Å². The molecule has 2 N–H and O–H groups in total. The quantitative estimate of drug-likeness (QED) is 0.721. The predicted octanol–water partition coefficient (Wildman–Crippen LogP) is 2.73. The molecule has 0 saturated heterocycles. The lowest BCUT2D eigenvalue weighted by atomic mass is 9.73. The Bertz CT molecular complexity index is 517. The fourth-order valence-electron chi connectivity index (χ4n) is 2.40. The Morgan fingerprint density at radius 1 is 1.18 bits per heavy atom. The zero-order chi connectivity index (χ0) is 15.9. The third kappa shape index (κ3) is 4.63. The number of ether oxygens (including phenoxy) is 1. The molecule has 1 amide bonds. The molecular formula is C16H20ClNO4. The van der Waals surface area contributed by atoms with E-state index < -0.39 is 11.9 Å². The van der Waals surface area contributed by atoms with Crippen LogP contribution in [-0.2, 0) is 9.59 Å². The topological polar surface area (TPSA) is 75.6 Å². The zero-order valence-corrected chi connectivity index (χ0v) is 13.0. The molecule has 0 spiro atoms. The summed E-state index contributed by atoms with van der Waals surface area (Å²) in [6, 6.07) is 7.17. The molecule has 0 aliphatic heterocycles. The second kappa shape index (κ2) is 8.03. The molecule has 5 nitrogen and oxygen atoms in total. The molecule has 0 bridgehead atoms. The van der Waals surface area contributed by atoms with Crippen LogP contribution in [-0.4, -0.2) is 30.1 Å². The lowest BCUT2D eigenvalue weighted by Crippen LogP contribution is -2.44. The summed E-state index contributed by atoms with van der Waals surface area (Å²) in [6.45, 7) is 1.12. The highest BCUT2D eigenvalue weighted by atomic mass is 35.5. The number of carboxylic acids is 1. The molecule has 0 aromatic heterocycles. The molecule has 1 fully saturated rings. The Labute approximate surface area is 134 Å². The van der Waals surface area contributed by atoms with E-state index in [0.29, 0.717) is 31.0 Å². The summed E-state index contributed by atoms with van der Waals surface area (Å²) in [5, 5.41) is 12.4. The van der Waals surface area contributed by atoms with Gasteiger partial charge in [0.1, 0.15) is 5.75 Å². The number of aliphatic carboxylic acids is 1. The van der Waals surface area contributed by atoms with Crippen LogP contribution in [0, 0.1) is 11.8 Å². The van der Waals surface area contributed by atoms with E-state index in [0.717, 1.165) is 18.6 Å². The average molecular weight is 326 g/mol. The number of hydrogen-bond acceptors (Lipinski definition) is 3. The van der Waals surface area contributed by atoms with Crippen LogP contribution in [0.4, 0.5) is 0 Å². The zero-order valence-electron chi connectivity index (χ0n) is 12.3. The van der Waals surface area contributed by atoms with Crippen molar-refractivity contribution in [1.82, 2.24) is 5.32 Å². The fraction of sp³-hybridized carbons (Fsp3) is 0.500. The van der Waals surface area contributed by atoms with Crippen LogP contribution in [0.3, 0.4) is 0 Å². The van der Waals surface area contributed by atoms with Crippen molar-refractivity contribution in [3.05, 3.63) is 29.3 Å². The van der Waals surface area contributed by atoms with E-state index >= 15 is 0 Å². The van der Waals surface area contributed by atoms with Crippen LogP contribution in [0.1, 0.15) is 25.7 Å². The molecule has 6 heteroatoms. The molecule has 1 aromatic carbocycles. The van der Waals surface area contributed by atoms with Gasteiger partial charge in [0.25, 0.3) is 0 Å². The Morgan fingerprint density at radius 2 is 1.86 bits per heavy atom. The van der Waals surface area contributed by atoms with E-state index in [1.54, 1.807) is 12.1 Å². The summed E-state index contributed by atoms with van der Waals surface area (Å²) in [6.07, 6.45) is 2.88. The summed E-state index contributed by atoms with van der Waals surface area (Å²) in [4.78, 5) is 22.7. The first-order chi connectivity index (χ1) is 10.6. The minimum absolute atomic E-state index is 0.141. The van der Waals surface area contributed by atoms with Crippen molar-refractivity contribution < 1.29 is 19.4 Å². The van der Waals surface area contributed by atoms with Crippen molar-refractivity contribution >= 4 is 23.5 Å². The molecular weight excluding hydrogens is 306 g/mol. The molecule has 0 heterocycles. The molecule has 1 aliphatic carbocycles. The lowest BCUT2D eigenvalue weighted by Gasteiger charge is -2.31. The maximum absolute atomic E-state index is 11.8. The van der Waals surface area contributed by atoms with Crippen molar-refractivity contribution in [3.63, 3.8) is 0 Å². The van der Waals surface area contributed by atoms with Crippen LogP contribution in [0.25, 0.3) is 0 Å². The number of carboxylic acid groups (broad SMARTS) is 1. The molecule has 2 unspecified atom stereocenters. The number of halogens is 1. The molecule has 2 atom stereocenters. The number of carbonyl (C=O) groups is 2. The van der Waals surface area contributed by atoms with Crippen LogP contribution in [0.15, 0.2) is 24.3 Å². The molecule has 120 valence electrons. The summed E-state index contributed by atoms with van der Waals surface area (Å²) < 4.78 is 5.55.